The maximum Gasteiger partial charge on any atom is 0.247 e. The molecule has 1 saturated heterocycles. The molecule has 148 valence electrons. The van der Waals surface area contributed by atoms with Gasteiger partial charge >= 0.3 is 0 Å². The lowest BCUT2D eigenvalue weighted by Gasteiger charge is -2.36. The van der Waals surface area contributed by atoms with Crippen molar-refractivity contribution in [3.05, 3.63) is 65.9 Å². The van der Waals surface area contributed by atoms with Crippen molar-refractivity contribution >= 4 is 23.1 Å². The maximum atomic E-state index is 4.89. The van der Waals surface area contributed by atoms with Crippen LogP contribution in [0.4, 0.5) is 23.1 Å². The molecule has 0 unspecified atom stereocenters. The van der Waals surface area contributed by atoms with Gasteiger partial charge in [-0.25, -0.2) is 0 Å². The highest BCUT2D eigenvalue weighted by atomic mass is 15.4. The molecule has 2 aliphatic rings. The van der Waals surface area contributed by atoms with Crippen LogP contribution in [0.2, 0.25) is 0 Å². The Labute approximate surface area is 171 Å². The second-order valence-electron chi connectivity index (χ2n) is 7.81. The average molecular weight is 387 g/mol. The van der Waals surface area contributed by atoms with Crippen molar-refractivity contribution in [1.82, 2.24) is 15.2 Å². The lowest BCUT2D eigenvalue weighted by atomic mass is 10.0. The third kappa shape index (κ3) is 3.62. The molecule has 0 atom stereocenters. The van der Waals surface area contributed by atoms with Gasteiger partial charge in [0.25, 0.3) is 0 Å². The highest BCUT2D eigenvalue weighted by Gasteiger charge is 2.23. The number of hydrogen-bond acceptors (Lipinski definition) is 6. The summed E-state index contributed by atoms with van der Waals surface area (Å²) in [6.45, 7) is 6.83. The lowest BCUT2D eigenvalue weighted by molar-refractivity contribution is 0.633. The monoisotopic (exact) mass is 386 g/mol. The van der Waals surface area contributed by atoms with Crippen molar-refractivity contribution in [2.45, 2.75) is 19.8 Å². The molecule has 1 aromatic heterocycles. The van der Waals surface area contributed by atoms with E-state index in [2.05, 4.69) is 80.4 Å². The minimum absolute atomic E-state index is 0.731. The van der Waals surface area contributed by atoms with Crippen molar-refractivity contribution in [2.75, 3.05) is 47.4 Å². The predicted octanol–water partition coefficient (Wildman–Crippen LogP) is 3.59. The Morgan fingerprint density at radius 2 is 1.69 bits per heavy atom. The first-order chi connectivity index (χ1) is 14.3. The van der Waals surface area contributed by atoms with Gasteiger partial charge < -0.3 is 14.7 Å². The molecular weight excluding hydrogens is 360 g/mol. The highest BCUT2D eigenvalue weighted by Crippen LogP contribution is 2.32. The van der Waals surface area contributed by atoms with E-state index in [-0.39, 0.29) is 0 Å². The first kappa shape index (κ1) is 17.9. The van der Waals surface area contributed by atoms with Gasteiger partial charge in [0.05, 0.1) is 6.20 Å². The molecule has 2 aromatic carbocycles. The van der Waals surface area contributed by atoms with Crippen LogP contribution in [0, 0.1) is 6.92 Å². The third-order valence-corrected chi connectivity index (χ3v) is 5.85. The maximum absolute atomic E-state index is 4.89. The Bertz CT molecular complexity index is 996. The lowest BCUT2D eigenvalue weighted by Crippen LogP contribution is -2.47. The summed E-state index contributed by atoms with van der Waals surface area (Å²) in [4.78, 5) is 11.8. The second kappa shape index (κ2) is 7.70. The van der Waals surface area contributed by atoms with Crippen molar-refractivity contribution in [3.8, 4) is 0 Å². The smallest absolute Gasteiger partial charge is 0.247 e. The molecule has 0 amide bonds. The predicted molar refractivity (Wildman–Crippen MR) is 117 cm³/mol. The summed E-state index contributed by atoms with van der Waals surface area (Å²) in [5.74, 6) is 1.62. The van der Waals surface area contributed by atoms with Gasteiger partial charge in [0.1, 0.15) is 0 Å². The van der Waals surface area contributed by atoms with Crippen LogP contribution in [0.5, 0.6) is 0 Å². The Morgan fingerprint density at radius 1 is 0.862 bits per heavy atom. The fourth-order valence-electron chi connectivity index (χ4n) is 4.31. The number of aryl methyl sites for hydroxylation is 2. The van der Waals surface area contributed by atoms with Crippen molar-refractivity contribution in [1.29, 1.82) is 0 Å². The standard InChI is InChI=1S/C23H26N6/c1-18-6-4-9-20(16-18)27-12-14-28(15-13-27)23-25-22(17-24-26-23)29-11-5-8-19-7-2-3-10-21(19)29/h2-4,6-7,9-10,16-17H,5,8,11-15H2,1H3. The fraction of sp³-hybridized carbons (Fsp3) is 0.348. The SMILES string of the molecule is Cc1cccc(N2CCN(c3nncc(N4CCCc5ccccc54)n3)CC2)c1. The molecule has 6 heteroatoms. The summed E-state index contributed by atoms with van der Waals surface area (Å²) in [6.07, 6.45) is 4.04. The largest absolute Gasteiger partial charge is 0.368 e. The molecule has 3 heterocycles. The molecular formula is C23H26N6. The van der Waals surface area contributed by atoms with Gasteiger partial charge in [0, 0.05) is 44.1 Å². The number of fused-ring (bicyclic) bond motifs is 1. The van der Waals surface area contributed by atoms with Gasteiger partial charge in [-0.15, -0.1) is 5.10 Å². The number of benzene rings is 2. The number of aromatic nitrogens is 3. The fourth-order valence-corrected chi connectivity index (χ4v) is 4.31. The minimum Gasteiger partial charge on any atom is -0.368 e. The average Bonchev–Trinajstić information content (AvgIpc) is 2.79. The van der Waals surface area contributed by atoms with Crippen LogP contribution in [-0.2, 0) is 6.42 Å². The zero-order valence-corrected chi connectivity index (χ0v) is 16.8. The normalized spacial score (nSPS) is 16.7. The Hall–Kier alpha value is -3.15. The zero-order chi connectivity index (χ0) is 19.6. The molecule has 5 rings (SSSR count). The summed E-state index contributed by atoms with van der Waals surface area (Å²) in [5, 5.41) is 8.63. The zero-order valence-electron chi connectivity index (χ0n) is 16.8. The first-order valence-electron chi connectivity index (χ1n) is 10.4. The summed E-state index contributed by atoms with van der Waals surface area (Å²) in [7, 11) is 0. The topological polar surface area (TPSA) is 48.4 Å². The minimum atomic E-state index is 0.731. The van der Waals surface area contributed by atoms with Crippen LogP contribution < -0.4 is 14.7 Å². The van der Waals surface area contributed by atoms with E-state index in [1.54, 1.807) is 6.20 Å². The van der Waals surface area contributed by atoms with E-state index in [0.29, 0.717) is 0 Å². The molecule has 0 aliphatic carbocycles. The van der Waals surface area contributed by atoms with E-state index in [1.165, 1.54) is 22.5 Å². The van der Waals surface area contributed by atoms with Crippen LogP contribution in [0.15, 0.2) is 54.7 Å². The molecule has 3 aromatic rings. The second-order valence-corrected chi connectivity index (χ2v) is 7.81. The third-order valence-electron chi connectivity index (χ3n) is 5.85. The van der Waals surface area contributed by atoms with E-state index in [4.69, 9.17) is 4.98 Å². The van der Waals surface area contributed by atoms with Crippen LogP contribution >= 0.6 is 0 Å². The van der Waals surface area contributed by atoms with E-state index < -0.39 is 0 Å². The van der Waals surface area contributed by atoms with E-state index in [9.17, 15) is 0 Å². The highest BCUT2D eigenvalue weighted by molar-refractivity contribution is 5.65. The number of para-hydroxylation sites is 1. The summed E-state index contributed by atoms with van der Waals surface area (Å²) in [6, 6.07) is 17.3. The number of rotatable bonds is 3. The molecule has 1 fully saturated rings. The van der Waals surface area contributed by atoms with Crippen molar-refractivity contribution in [3.63, 3.8) is 0 Å². The van der Waals surface area contributed by atoms with Gasteiger partial charge in [-0.1, -0.05) is 30.3 Å². The van der Waals surface area contributed by atoms with Crippen LogP contribution in [0.3, 0.4) is 0 Å². The van der Waals surface area contributed by atoms with E-state index >= 15 is 0 Å². The summed E-state index contributed by atoms with van der Waals surface area (Å²) in [5.41, 5.74) is 5.22. The van der Waals surface area contributed by atoms with E-state index in [0.717, 1.165) is 57.3 Å². The number of hydrogen-bond donors (Lipinski definition) is 0. The van der Waals surface area contributed by atoms with Crippen molar-refractivity contribution < 1.29 is 0 Å². The number of anilines is 4. The van der Waals surface area contributed by atoms with Crippen LogP contribution in [0.1, 0.15) is 17.5 Å². The van der Waals surface area contributed by atoms with E-state index in [1.807, 2.05) is 0 Å². The van der Waals surface area contributed by atoms with Crippen molar-refractivity contribution in [2.24, 2.45) is 0 Å². The molecule has 0 N–H and O–H groups in total. The summed E-state index contributed by atoms with van der Waals surface area (Å²) < 4.78 is 0. The Morgan fingerprint density at radius 3 is 2.55 bits per heavy atom. The molecule has 0 saturated carbocycles. The van der Waals surface area contributed by atoms with Crippen LogP contribution in [-0.4, -0.2) is 47.9 Å². The molecule has 6 nitrogen and oxygen atoms in total. The summed E-state index contributed by atoms with van der Waals surface area (Å²) >= 11 is 0. The molecule has 29 heavy (non-hydrogen) atoms. The van der Waals surface area contributed by atoms with Gasteiger partial charge in [-0.2, -0.15) is 10.1 Å². The van der Waals surface area contributed by atoms with Gasteiger partial charge in [0.15, 0.2) is 5.82 Å². The molecule has 0 bridgehead atoms. The van der Waals surface area contributed by atoms with Gasteiger partial charge in [-0.05, 0) is 49.1 Å². The Kier molecular flexibility index (Phi) is 4.76. The van der Waals surface area contributed by atoms with Crippen LogP contribution in [0.25, 0.3) is 0 Å². The van der Waals surface area contributed by atoms with Gasteiger partial charge in [0.2, 0.25) is 5.95 Å². The number of piperazine rings is 1. The molecule has 2 aliphatic heterocycles. The molecule has 0 spiro atoms. The first-order valence-corrected chi connectivity index (χ1v) is 10.4. The Balaban J connectivity index is 1.33. The molecule has 0 radical (unpaired) electrons. The number of nitrogens with zero attached hydrogens (tertiary/aromatic N) is 6. The quantitative estimate of drug-likeness (QED) is 0.686. The van der Waals surface area contributed by atoms with Gasteiger partial charge in [-0.3, -0.25) is 0 Å².